The van der Waals surface area contributed by atoms with Crippen LogP contribution in [0.2, 0.25) is 5.28 Å². The fraction of sp³-hybridized carbons (Fsp3) is 0.143. The van der Waals surface area contributed by atoms with E-state index in [4.69, 9.17) is 10.2 Å². The Balaban J connectivity index is 0.000000438. The zero-order valence-electron chi connectivity index (χ0n) is 13.0. The van der Waals surface area contributed by atoms with Crippen molar-refractivity contribution in [3.05, 3.63) is 58.2 Å². The summed E-state index contributed by atoms with van der Waals surface area (Å²) in [7, 11) is 0. The molecule has 0 atom stereocenters. The number of phenols is 2. The molecular weight excluding hydrogens is 417 g/mol. The summed E-state index contributed by atoms with van der Waals surface area (Å²) in [6.07, 6.45) is 0. The first-order valence-corrected chi connectivity index (χ1v) is 7.27. The van der Waals surface area contributed by atoms with Gasteiger partial charge in [0.2, 0.25) is 58.2 Å². The summed E-state index contributed by atoms with van der Waals surface area (Å²) >= 11 is 2.58. The van der Waals surface area contributed by atoms with Gasteiger partial charge < -0.3 is 10.2 Å². The highest BCUT2D eigenvalue weighted by Gasteiger charge is 2.25. The van der Waals surface area contributed by atoms with Crippen LogP contribution in [0.1, 0.15) is 6.92 Å². The number of benzene rings is 2. The number of hydrogen-bond acceptors (Lipinski definition) is 2. The summed E-state index contributed by atoms with van der Waals surface area (Å²) < 4.78 is 121. The van der Waals surface area contributed by atoms with E-state index in [0.29, 0.717) is 0 Å². The maximum absolute atomic E-state index is 12.2. The van der Waals surface area contributed by atoms with Gasteiger partial charge in [-0.25, -0.2) is 26.3 Å². The molecule has 148 valence electrons. The number of phenolic OH excluding ortho intramolecular Hbond substituents is 2. The highest BCUT2D eigenvalue weighted by Crippen LogP contribution is 2.28. The van der Waals surface area contributed by atoms with Crippen molar-refractivity contribution in [3.63, 3.8) is 0 Å². The van der Waals surface area contributed by atoms with E-state index in [1.165, 1.54) is 5.28 Å². The van der Waals surface area contributed by atoms with Gasteiger partial charge in [-0.05, 0) is 0 Å². The van der Waals surface area contributed by atoms with Gasteiger partial charge in [-0.1, -0.05) is 6.92 Å². The van der Waals surface area contributed by atoms with E-state index < -0.39 is 69.7 Å². The molecule has 0 spiro atoms. The summed E-state index contributed by atoms with van der Waals surface area (Å²) in [5, 5.41) is 17.8. The molecule has 0 aliphatic heterocycles. The molecular formula is C14H7AlF10O2. The van der Waals surface area contributed by atoms with Crippen molar-refractivity contribution in [1.29, 1.82) is 0 Å². The standard InChI is InChI=1S/2C6HF5O.C2H5.Al/c2*7-1-2(8)4(10)6(12)5(11)3(1)9;1-2;/h2*12H;1H2,2H3;. The average Bonchev–Trinajstić information content (AvgIpc) is 2.65. The van der Waals surface area contributed by atoms with Crippen molar-refractivity contribution in [2.45, 2.75) is 12.2 Å². The number of halogens is 10. The highest BCUT2D eigenvalue weighted by molar-refractivity contribution is 6.08. The van der Waals surface area contributed by atoms with E-state index in [0.717, 1.165) is 0 Å². The smallest absolute Gasteiger partial charge is 0.206 e. The molecule has 0 saturated carbocycles. The quantitative estimate of drug-likeness (QED) is 0.277. The zero-order valence-corrected chi connectivity index (χ0v) is 14.1. The second kappa shape index (κ2) is 10.3. The topological polar surface area (TPSA) is 40.5 Å². The van der Waals surface area contributed by atoms with Crippen molar-refractivity contribution < 1.29 is 54.1 Å². The third-order valence-electron chi connectivity index (χ3n) is 2.37. The van der Waals surface area contributed by atoms with Gasteiger partial charge in [0.1, 0.15) is 16.3 Å². The molecule has 13 heteroatoms. The fourth-order valence-electron chi connectivity index (χ4n) is 1.19. The lowest BCUT2D eigenvalue weighted by Gasteiger charge is -2.00. The molecule has 0 saturated heterocycles. The molecule has 27 heavy (non-hydrogen) atoms. The van der Waals surface area contributed by atoms with Gasteiger partial charge in [0.25, 0.3) is 0 Å². The Bertz CT molecular complexity index is 551. The molecule has 0 amide bonds. The van der Waals surface area contributed by atoms with Gasteiger partial charge >= 0.3 is 0 Å². The average molecular weight is 424 g/mol. The van der Waals surface area contributed by atoms with Gasteiger partial charge in [-0.3, -0.25) is 0 Å². The highest BCUT2D eigenvalue weighted by atomic mass is 27.0. The molecule has 2 aromatic rings. The third-order valence-corrected chi connectivity index (χ3v) is 2.37. The number of rotatable bonds is 0. The van der Waals surface area contributed by atoms with Crippen LogP contribution in [-0.2, 0) is 0 Å². The van der Waals surface area contributed by atoms with Gasteiger partial charge in [0.05, 0.1) is 0 Å². The van der Waals surface area contributed by atoms with E-state index in [1.807, 2.05) is 0 Å². The Kier molecular flexibility index (Phi) is 9.46. The largest absolute Gasteiger partial charge is 0.503 e. The Morgan fingerprint density at radius 1 is 0.481 bits per heavy atom. The second-order valence-corrected chi connectivity index (χ2v) is 5.06. The summed E-state index contributed by atoms with van der Waals surface area (Å²) in [5.41, 5.74) is 0. The van der Waals surface area contributed by atoms with Crippen LogP contribution < -0.4 is 0 Å². The van der Waals surface area contributed by atoms with Crippen LogP contribution in [0.25, 0.3) is 0 Å². The Labute approximate surface area is 153 Å². The minimum absolute atomic E-state index is 1.17. The lowest BCUT2D eigenvalue weighted by Crippen LogP contribution is -2.00. The molecule has 2 nitrogen and oxygen atoms in total. The summed E-state index contributed by atoms with van der Waals surface area (Å²) in [4.78, 5) is 0. The normalized spacial score (nSPS) is 9.89. The first-order valence-electron chi connectivity index (χ1n) is 6.45. The molecule has 0 aromatic heterocycles. The minimum atomic E-state index is -2.29. The lowest BCUT2D eigenvalue weighted by molar-refractivity contribution is 0.325. The molecule has 0 aliphatic rings. The first kappa shape index (κ1) is 24.9. The van der Waals surface area contributed by atoms with Gasteiger partial charge in [0, 0.05) is 0 Å². The van der Waals surface area contributed by atoms with Crippen LogP contribution in [0.5, 0.6) is 11.5 Å². The molecule has 0 aliphatic carbocycles. The number of hydrogen-bond donors (Lipinski definition) is 2. The third kappa shape index (κ3) is 5.43. The monoisotopic (exact) mass is 424 g/mol. The maximum Gasteiger partial charge on any atom is 0.206 e. The second-order valence-electron chi connectivity index (χ2n) is 4.25. The predicted molar refractivity (Wildman–Crippen MR) is 72.0 cm³/mol. The minimum Gasteiger partial charge on any atom is -0.503 e. The van der Waals surface area contributed by atoms with Crippen molar-refractivity contribution in [1.82, 2.24) is 0 Å². The van der Waals surface area contributed by atoms with Crippen molar-refractivity contribution in [3.8, 4) is 11.5 Å². The Hall–Kier alpha value is -2.13. The van der Waals surface area contributed by atoms with Crippen LogP contribution in [0.4, 0.5) is 43.9 Å². The van der Waals surface area contributed by atoms with Crippen LogP contribution in [-0.4, -0.2) is 26.5 Å². The SMILES string of the molecule is C[CH2][Al].Oc1c(F)c(F)c(F)c(F)c1F.Oc1c(F)c(F)c(F)c(F)c1F. The van der Waals surface area contributed by atoms with Crippen molar-refractivity contribution in [2.75, 3.05) is 0 Å². The van der Waals surface area contributed by atoms with Crippen molar-refractivity contribution in [2.24, 2.45) is 0 Å². The van der Waals surface area contributed by atoms with Crippen LogP contribution in [0.15, 0.2) is 0 Å². The van der Waals surface area contributed by atoms with Gasteiger partial charge in [0.15, 0.2) is 11.5 Å². The van der Waals surface area contributed by atoms with Crippen LogP contribution in [0, 0.1) is 58.2 Å². The first-order chi connectivity index (χ1) is 12.3. The predicted octanol–water partition coefficient (Wildman–Crippen LogP) is 4.77. The van der Waals surface area contributed by atoms with Gasteiger partial charge in [-0.15, -0.1) is 5.28 Å². The fourth-order valence-corrected chi connectivity index (χ4v) is 1.19. The van der Waals surface area contributed by atoms with E-state index in [2.05, 4.69) is 23.2 Å². The molecule has 0 bridgehead atoms. The molecule has 2 radical (unpaired) electrons. The lowest BCUT2D eigenvalue weighted by atomic mass is 10.3. The molecule has 2 rings (SSSR count). The maximum atomic E-state index is 12.2. The van der Waals surface area contributed by atoms with E-state index in [1.54, 1.807) is 0 Å². The summed E-state index contributed by atoms with van der Waals surface area (Å²) in [6, 6.07) is 0. The van der Waals surface area contributed by atoms with E-state index >= 15 is 0 Å². The molecule has 2 aromatic carbocycles. The molecule has 2 N–H and O–H groups in total. The number of aromatic hydroxyl groups is 2. The van der Waals surface area contributed by atoms with E-state index in [9.17, 15) is 43.9 Å². The van der Waals surface area contributed by atoms with Crippen LogP contribution in [0.3, 0.4) is 0 Å². The molecule has 0 fully saturated rings. The van der Waals surface area contributed by atoms with E-state index in [-0.39, 0.29) is 0 Å². The Morgan fingerprint density at radius 3 is 0.741 bits per heavy atom. The molecule has 0 heterocycles. The Morgan fingerprint density at radius 2 is 0.593 bits per heavy atom. The van der Waals surface area contributed by atoms with Gasteiger partial charge in [-0.2, -0.15) is 17.6 Å². The summed E-state index contributed by atoms with van der Waals surface area (Å²) in [5.74, 6) is -25.9. The molecule has 0 unspecified atom stereocenters. The van der Waals surface area contributed by atoms with Crippen LogP contribution >= 0.6 is 0 Å². The van der Waals surface area contributed by atoms with Crippen molar-refractivity contribution >= 4 is 16.3 Å². The summed E-state index contributed by atoms with van der Waals surface area (Å²) in [6.45, 7) is 2.09. The zero-order chi connectivity index (χ0) is 21.6.